The van der Waals surface area contributed by atoms with E-state index in [9.17, 15) is 9.90 Å². The van der Waals surface area contributed by atoms with Crippen LogP contribution in [0.2, 0.25) is 0 Å². The highest BCUT2D eigenvalue weighted by atomic mass is 32.1. The van der Waals surface area contributed by atoms with E-state index in [4.69, 9.17) is 4.98 Å². The summed E-state index contributed by atoms with van der Waals surface area (Å²) in [5.41, 5.74) is 1.90. The molecule has 0 saturated heterocycles. The van der Waals surface area contributed by atoms with Crippen molar-refractivity contribution in [1.29, 1.82) is 0 Å². The van der Waals surface area contributed by atoms with Crippen LogP contribution in [0, 0.1) is 6.92 Å². The molecular weight excluding hydrogens is 384 g/mol. The van der Waals surface area contributed by atoms with Crippen LogP contribution in [0.25, 0.3) is 10.2 Å². The molecule has 0 atom stereocenters. The molecule has 1 amide bonds. The molecular formula is C22H26N4O2S. The minimum atomic E-state index is -1.12. The van der Waals surface area contributed by atoms with Crippen molar-refractivity contribution in [2.75, 3.05) is 5.32 Å². The lowest BCUT2D eigenvalue weighted by atomic mass is 9.90. The lowest BCUT2D eigenvalue weighted by molar-refractivity contribution is 0.0794. The van der Waals surface area contributed by atoms with Gasteiger partial charge >= 0.3 is 0 Å². The Morgan fingerprint density at radius 2 is 1.93 bits per heavy atom. The van der Waals surface area contributed by atoms with Crippen molar-refractivity contribution in [2.45, 2.75) is 64.4 Å². The number of thiazole rings is 1. The Balaban J connectivity index is 1.72. The maximum Gasteiger partial charge on any atom is 0.275 e. The molecule has 1 aliphatic carbocycles. The van der Waals surface area contributed by atoms with Gasteiger partial charge < -0.3 is 10.4 Å². The Morgan fingerprint density at radius 3 is 2.62 bits per heavy atom. The molecule has 2 heterocycles. The van der Waals surface area contributed by atoms with Gasteiger partial charge in [-0.05, 0) is 45.7 Å². The van der Waals surface area contributed by atoms with Crippen LogP contribution in [0.4, 0.5) is 5.69 Å². The molecule has 6 nitrogen and oxygen atoms in total. The van der Waals surface area contributed by atoms with Crippen LogP contribution in [0.15, 0.2) is 24.5 Å². The quantitative estimate of drug-likeness (QED) is 0.637. The van der Waals surface area contributed by atoms with Gasteiger partial charge in [0.25, 0.3) is 5.91 Å². The topological polar surface area (TPSA) is 88.0 Å². The van der Waals surface area contributed by atoms with Crippen molar-refractivity contribution in [3.63, 3.8) is 0 Å². The van der Waals surface area contributed by atoms with E-state index < -0.39 is 5.60 Å². The lowest BCUT2D eigenvalue weighted by Gasteiger charge is -2.22. The molecule has 29 heavy (non-hydrogen) atoms. The van der Waals surface area contributed by atoms with Gasteiger partial charge in [-0.1, -0.05) is 19.3 Å². The van der Waals surface area contributed by atoms with Crippen LogP contribution >= 0.6 is 11.3 Å². The number of nitrogens with zero attached hydrogens (tertiary/aromatic N) is 3. The summed E-state index contributed by atoms with van der Waals surface area (Å²) in [7, 11) is 0. The van der Waals surface area contributed by atoms with Crippen LogP contribution in [-0.4, -0.2) is 26.0 Å². The number of aromatic nitrogens is 3. The highest BCUT2D eigenvalue weighted by Gasteiger charge is 2.25. The molecule has 1 aromatic carbocycles. The van der Waals surface area contributed by atoms with E-state index in [1.165, 1.54) is 38.3 Å². The number of amides is 1. The SMILES string of the molecule is Cc1cncc(C(=O)Nc2cc3sc(C4CCCCC4)nc3cc2C(C)(C)O)n1. The molecule has 1 saturated carbocycles. The second-order valence-corrected chi connectivity index (χ2v) is 9.37. The number of hydrogen-bond donors (Lipinski definition) is 2. The monoisotopic (exact) mass is 410 g/mol. The first kappa shape index (κ1) is 19.9. The second kappa shape index (κ2) is 7.80. The summed E-state index contributed by atoms with van der Waals surface area (Å²) < 4.78 is 1.02. The van der Waals surface area contributed by atoms with Gasteiger partial charge in [0.2, 0.25) is 0 Å². The molecule has 4 rings (SSSR count). The average Bonchev–Trinajstić information content (AvgIpc) is 3.10. The van der Waals surface area contributed by atoms with Crippen molar-refractivity contribution in [3.05, 3.63) is 46.5 Å². The van der Waals surface area contributed by atoms with Gasteiger partial charge in [-0.3, -0.25) is 9.78 Å². The molecule has 2 aromatic heterocycles. The Hall–Kier alpha value is -2.38. The van der Waals surface area contributed by atoms with Crippen molar-refractivity contribution < 1.29 is 9.90 Å². The zero-order valence-corrected chi connectivity index (χ0v) is 17.8. The first-order valence-electron chi connectivity index (χ1n) is 10.1. The fraction of sp³-hybridized carbons (Fsp3) is 0.455. The van der Waals surface area contributed by atoms with E-state index >= 15 is 0 Å². The summed E-state index contributed by atoms with van der Waals surface area (Å²) in [6.07, 6.45) is 9.25. The van der Waals surface area contributed by atoms with Crippen molar-refractivity contribution in [3.8, 4) is 0 Å². The summed E-state index contributed by atoms with van der Waals surface area (Å²) in [6, 6.07) is 3.82. The van der Waals surface area contributed by atoms with E-state index in [2.05, 4.69) is 15.3 Å². The molecule has 0 unspecified atom stereocenters. The number of carbonyl (C=O) groups is 1. The second-order valence-electron chi connectivity index (χ2n) is 8.31. The third-order valence-corrected chi connectivity index (χ3v) is 6.57. The van der Waals surface area contributed by atoms with Gasteiger partial charge in [0, 0.05) is 23.4 Å². The standard InChI is InChI=1S/C22H26N4O2S/c1-13-11-23-12-18(24-13)20(27)25-16-10-19-17(9-15(16)22(2,3)28)26-21(29-19)14-7-5-4-6-8-14/h9-12,14,28H,4-8H2,1-3H3,(H,25,27). The summed E-state index contributed by atoms with van der Waals surface area (Å²) in [6.45, 7) is 5.22. The predicted molar refractivity (Wildman–Crippen MR) is 115 cm³/mol. The molecule has 1 aliphatic rings. The van der Waals surface area contributed by atoms with Crippen LogP contribution < -0.4 is 5.32 Å². The number of benzene rings is 1. The minimum absolute atomic E-state index is 0.249. The molecule has 3 aromatic rings. The third-order valence-electron chi connectivity index (χ3n) is 5.39. The number of anilines is 1. The molecule has 152 valence electrons. The first-order chi connectivity index (χ1) is 13.8. The van der Waals surface area contributed by atoms with Crippen LogP contribution in [-0.2, 0) is 5.60 Å². The number of rotatable bonds is 4. The summed E-state index contributed by atoms with van der Waals surface area (Å²) in [5, 5.41) is 14.8. The molecule has 1 fully saturated rings. The number of fused-ring (bicyclic) bond motifs is 1. The lowest BCUT2D eigenvalue weighted by Crippen LogP contribution is -2.21. The number of nitrogens with one attached hydrogen (secondary N) is 1. The van der Waals surface area contributed by atoms with Crippen molar-refractivity contribution >= 4 is 33.1 Å². The predicted octanol–water partition coefficient (Wildman–Crippen LogP) is 4.92. The average molecular weight is 411 g/mol. The Kier molecular flexibility index (Phi) is 5.36. The van der Waals surface area contributed by atoms with Gasteiger partial charge in [0.15, 0.2) is 0 Å². The molecule has 2 N–H and O–H groups in total. The number of hydrogen-bond acceptors (Lipinski definition) is 6. The summed E-state index contributed by atoms with van der Waals surface area (Å²) >= 11 is 1.69. The third kappa shape index (κ3) is 4.31. The van der Waals surface area contributed by atoms with Crippen LogP contribution in [0.5, 0.6) is 0 Å². The number of aryl methyl sites for hydroxylation is 1. The summed E-state index contributed by atoms with van der Waals surface area (Å²) in [4.78, 5) is 25.9. The zero-order valence-electron chi connectivity index (χ0n) is 17.0. The van der Waals surface area contributed by atoms with Crippen molar-refractivity contribution in [1.82, 2.24) is 15.0 Å². The fourth-order valence-corrected chi connectivity index (χ4v) is 5.04. The number of carbonyl (C=O) groups excluding carboxylic acids is 1. The fourth-order valence-electron chi connectivity index (χ4n) is 3.88. The van der Waals surface area contributed by atoms with Crippen molar-refractivity contribution in [2.24, 2.45) is 0 Å². The highest BCUT2D eigenvalue weighted by molar-refractivity contribution is 7.18. The van der Waals surface area contributed by atoms with E-state index in [1.807, 2.05) is 12.1 Å². The van der Waals surface area contributed by atoms with Crippen LogP contribution in [0.1, 0.15) is 78.6 Å². The van der Waals surface area contributed by atoms with E-state index in [-0.39, 0.29) is 11.6 Å². The Bertz CT molecular complexity index is 1050. The Morgan fingerprint density at radius 1 is 1.17 bits per heavy atom. The smallest absolute Gasteiger partial charge is 0.275 e. The van der Waals surface area contributed by atoms with Gasteiger partial charge in [-0.25, -0.2) is 9.97 Å². The highest BCUT2D eigenvalue weighted by Crippen LogP contribution is 2.39. The molecule has 0 spiro atoms. The largest absolute Gasteiger partial charge is 0.386 e. The first-order valence-corrected chi connectivity index (χ1v) is 10.9. The summed E-state index contributed by atoms with van der Waals surface area (Å²) in [5.74, 6) is 0.176. The van der Waals surface area contributed by atoms with Crippen LogP contribution in [0.3, 0.4) is 0 Å². The van der Waals surface area contributed by atoms with Gasteiger partial charge in [0.1, 0.15) is 5.69 Å². The number of aliphatic hydroxyl groups is 1. The molecule has 0 radical (unpaired) electrons. The maximum atomic E-state index is 12.7. The molecule has 0 aliphatic heterocycles. The van der Waals surface area contributed by atoms with Gasteiger partial charge in [-0.15, -0.1) is 11.3 Å². The normalized spacial score (nSPS) is 15.6. The minimum Gasteiger partial charge on any atom is -0.386 e. The zero-order chi connectivity index (χ0) is 20.6. The molecule has 0 bridgehead atoms. The van der Waals surface area contributed by atoms with E-state index in [1.54, 1.807) is 38.3 Å². The van der Waals surface area contributed by atoms with Gasteiger partial charge in [-0.2, -0.15) is 0 Å². The molecule has 7 heteroatoms. The van der Waals surface area contributed by atoms with E-state index in [0.29, 0.717) is 22.9 Å². The maximum absolute atomic E-state index is 12.7. The van der Waals surface area contributed by atoms with Gasteiger partial charge in [0.05, 0.1) is 32.7 Å². The Labute approximate surface area is 174 Å². The van der Waals surface area contributed by atoms with E-state index in [0.717, 1.165) is 15.2 Å².